The predicted molar refractivity (Wildman–Crippen MR) is 123 cm³/mol. The molecule has 9 nitrogen and oxygen atoms in total. The van der Waals surface area contributed by atoms with Crippen molar-refractivity contribution in [1.29, 1.82) is 0 Å². The number of nitrogens with one attached hydrogen (secondary N) is 1. The van der Waals surface area contributed by atoms with Crippen molar-refractivity contribution >= 4 is 34.6 Å². The predicted octanol–water partition coefficient (Wildman–Crippen LogP) is 3.12. The van der Waals surface area contributed by atoms with E-state index in [-0.39, 0.29) is 17.2 Å². The maximum absolute atomic E-state index is 13.0. The summed E-state index contributed by atoms with van der Waals surface area (Å²) in [5, 5.41) is 14.6. The van der Waals surface area contributed by atoms with E-state index in [1.165, 1.54) is 6.07 Å². The molecule has 2 fully saturated rings. The highest BCUT2D eigenvalue weighted by molar-refractivity contribution is 6.06. The largest absolute Gasteiger partial charge is 0.366 e. The number of nitro benzene ring substituents is 1. The average molecular weight is 438 g/mol. The highest BCUT2D eigenvalue weighted by atomic mass is 16.6. The summed E-state index contributed by atoms with van der Waals surface area (Å²) in [4.78, 5) is 41.7. The number of hydrogen-bond donors (Lipinski definition) is 1. The zero-order valence-corrected chi connectivity index (χ0v) is 18.1. The van der Waals surface area contributed by atoms with Gasteiger partial charge in [-0.2, -0.15) is 0 Å². The topological polar surface area (TPSA) is 99.0 Å². The number of anilines is 3. The Bertz CT molecular complexity index is 1030. The molecule has 0 saturated carbocycles. The van der Waals surface area contributed by atoms with E-state index in [9.17, 15) is 19.7 Å². The number of rotatable bonds is 5. The Morgan fingerprint density at radius 1 is 0.906 bits per heavy atom. The van der Waals surface area contributed by atoms with Gasteiger partial charge >= 0.3 is 0 Å². The summed E-state index contributed by atoms with van der Waals surface area (Å²) >= 11 is 0. The van der Waals surface area contributed by atoms with Crippen LogP contribution >= 0.6 is 0 Å². The van der Waals surface area contributed by atoms with Gasteiger partial charge < -0.3 is 20.0 Å². The minimum absolute atomic E-state index is 0.0480. The van der Waals surface area contributed by atoms with Crippen LogP contribution in [0.3, 0.4) is 0 Å². The van der Waals surface area contributed by atoms with Gasteiger partial charge in [0.15, 0.2) is 0 Å². The maximum Gasteiger partial charge on any atom is 0.293 e. The smallest absolute Gasteiger partial charge is 0.293 e. The van der Waals surface area contributed by atoms with Crippen molar-refractivity contribution in [3.63, 3.8) is 0 Å². The van der Waals surface area contributed by atoms with Crippen LogP contribution in [0.25, 0.3) is 0 Å². The molecule has 2 amide bonds. The number of amides is 2. The third-order valence-corrected chi connectivity index (χ3v) is 6.10. The number of nitrogens with zero attached hydrogens (tertiary/aromatic N) is 4. The number of carbonyl (C=O) groups excluding carboxylic acids is 2. The first-order valence-corrected chi connectivity index (χ1v) is 10.9. The van der Waals surface area contributed by atoms with Gasteiger partial charge in [0.2, 0.25) is 5.91 Å². The molecule has 0 aliphatic carbocycles. The monoisotopic (exact) mass is 437 g/mol. The lowest BCUT2D eigenvalue weighted by Crippen LogP contribution is -2.48. The van der Waals surface area contributed by atoms with Crippen molar-refractivity contribution in [2.75, 3.05) is 54.4 Å². The van der Waals surface area contributed by atoms with Crippen molar-refractivity contribution in [1.82, 2.24) is 4.90 Å². The molecule has 2 heterocycles. The standard InChI is InChI=1S/C23H27N5O4/c1-17(29)25-12-14-27(15-13-25)20-7-3-2-6-19(20)24-23(30)18-8-9-21(22(16-18)28(31)32)26-10-4-5-11-26/h2-3,6-9,16H,4-5,10-15H2,1H3,(H,24,30). The highest BCUT2D eigenvalue weighted by Gasteiger charge is 2.25. The van der Waals surface area contributed by atoms with Gasteiger partial charge in [0.05, 0.1) is 16.3 Å². The van der Waals surface area contributed by atoms with E-state index in [2.05, 4.69) is 10.2 Å². The van der Waals surface area contributed by atoms with Gasteiger partial charge in [0.1, 0.15) is 5.69 Å². The van der Waals surface area contributed by atoms with E-state index >= 15 is 0 Å². The fraction of sp³-hybridized carbons (Fsp3) is 0.391. The summed E-state index contributed by atoms with van der Waals surface area (Å²) in [7, 11) is 0. The lowest BCUT2D eigenvalue weighted by atomic mass is 10.1. The van der Waals surface area contributed by atoms with Gasteiger partial charge in [-0.3, -0.25) is 19.7 Å². The van der Waals surface area contributed by atoms with E-state index < -0.39 is 10.8 Å². The molecule has 4 rings (SSSR count). The van der Waals surface area contributed by atoms with Crippen molar-refractivity contribution in [3.05, 3.63) is 58.1 Å². The van der Waals surface area contributed by atoms with E-state index in [0.717, 1.165) is 31.6 Å². The summed E-state index contributed by atoms with van der Waals surface area (Å²) in [6.07, 6.45) is 2.02. The number of benzene rings is 2. The van der Waals surface area contributed by atoms with Gasteiger partial charge in [-0.15, -0.1) is 0 Å². The minimum atomic E-state index is -0.424. The van der Waals surface area contributed by atoms with Gasteiger partial charge in [-0.25, -0.2) is 0 Å². The normalized spacial score (nSPS) is 16.2. The van der Waals surface area contributed by atoms with Crippen molar-refractivity contribution in [2.24, 2.45) is 0 Å². The van der Waals surface area contributed by atoms with Gasteiger partial charge in [-0.05, 0) is 37.1 Å². The molecule has 168 valence electrons. The lowest BCUT2D eigenvalue weighted by Gasteiger charge is -2.36. The summed E-state index contributed by atoms with van der Waals surface area (Å²) in [6.45, 7) is 5.74. The first-order chi connectivity index (χ1) is 15.4. The highest BCUT2D eigenvalue weighted by Crippen LogP contribution is 2.32. The van der Waals surface area contributed by atoms with Crippen molar-refractivity contribution in [2.45, 2.75) is 19.8 Å². The molecule has 0 aromatic heterocycles. The third-order valence-electron chi connectivity index (χ3n) is 6.10. The Balaban J connectivity index is 1.53. The van der Waals surface area contributed by atoms with Crippen molar-refractivity contribution in [3.8, 4) is 0 Å². The van der Waals surface area contributed by atoms with Crippen LogP contribution in [0.1, 0.15) is 30.1 Å². The molecule has 0 spiro atoms. The minimum Gasteiger partial charge on any atom is -0.366 e. The molecular weight excluding hydrogens is 410 g/mol. The van der Waals surface area contributed by atoms with Crippen LogP contribution in [0, 0.1) is 10.1 Å². The van der Waals surface area contributed by atoms with E-state index in [1.54, 1.807) is 24.0 Å². The SMILES string of the molecule is CC(=O)N1CCN(c2ccccc2NC(=O)c2ccc(N3CCCC3)c([N+](=O)[O-])c2)CC1. The van der Waals surface area contributed by atoms with Crippen LogP contribution in [0.5, 0.6) is 0 Å². The van der Waals surface area contributed by atoms with E-state index in [0.29, 0.717) is 37.6 Å². The van der Waals surface area contributed by atoms with Crippen LogP contribution in [0.2, 0.25) is 0 Å². The number of piperazine rings is 1. The Morgan fingerprint density at radius 3 is 2.22 bits per heavy atom. The van der Waals surface area contributed by atoms with E-state index in [4.69, 9.17) is 0 Å². The summed E-state index contributed by atoms with van der Waals surface area (Å²) in [5.41, 5.74) is 2.27. The summed E-state index contributed by atoms with van der Waals surface area (Å²) in [5.74, 6) is -0.332. The molecule has 9 heteroatoms. The second kappa shape index (κ2) is 9.25. The molecule has 2 aliphatic heterocycles. The molecule has 2 saturated heterocycles. The van der Waals surface area contributed by atoms with Crippen molar-refractivity contribution < 1.29 is 14.5 Å². The van der Waals surface area contributed by atoms with Gasteiger partial charge in [0.25, 0.3) is 11.6 Å². The van der Waals surface area contributed by atoms with Crippen LogP contribution in [0.15, 0.2) is 42.5 Å². The molecule has 2 aliphatic rings. The number of carbonyl (C=O) groups is 2. The first kappa shape index (κ1) is 21.6. The molecule has 1 N–H and O–H groups in total. The molecule has 32 heavy (non-hydrogen) atoms. The van der Waals surface area contributed by atoms with Gasteiger partial charge in [0, 0.05) is 57.8 Å². The zero-order chi connectivity index (χ0) is 22.7. The fourth-order valence-electron chi connectivity index (χ4n) is 4.35. The van der Waals surface area contributed by atoms with Crippen LogP contribution < -0.4 is 15.1 Å². The fourth-order valence-corrected chi connectivity index (χ4v) is 4.35. The number of hydrogen-bond acceptors (Lipinski definition) is 6. The molecule has 0 radical (unpaired) electrons. The summed E-state index contributed by atoms with van der Waals surface area (Å²) in [6, 6.07) is 12.2. The molecule has 0 bridgehead atoms. The van der Waals surface area contributed by atoms with Crippen LogP contribution in [0.4, 0.5) is 22.7 Å². The molecule has 0 atom stereocenters. The first-order valence-electron chi connectivity index (χ1n) is 10.9. The Labute approximate surface area is 186 Å². The molecule has 2 aromatic rings. The average Bonchev–Trinajstić information content (AvgIpc) is 3.34. The zero-order valence-electron chi connectivity index (χ0n) is 18.1. The van der Waals surface area contributed by atoms with Crippen LogP contribution in [-0.4, -0.2) is 60.9 Å². The Kier molecular flexibility index (Phi) is 6.25. The number of para-hydroxylation sites is 2. The van der Waals surface area contributed by atoms with Crippen LogP contribution in [-0.2, 0) is 4.79 Å². The molecule has 0 unspecified atom stereocenters. The Morgan fingerprint density at radius 2 is 1.56 bits per heavy atom. The number of nitro groups is 1. The lowest BCUT2D eigenvalue weighted by molar-refractivity contribution is -0.384. The third kappa shape index (κ3) is 4.51. The Hall–Kier alpha value is -3.62. The molecule has 2 aromatic carbocycles. The second-order valence-electron chi connectivity index (χ2n) is 8.12. The van der Waals surface area contributed by atoms with E-state index in [1.807, 2.05) is 29.2 Å². The second-order valence-corrected chi connectivity index (χ2v) is 8.12. The maximum atomic E-state index is 13.0. The quantitative estimate of drug-likeness (QED) is 0.570. The van der Waals surface area contributed by atoms with Gasteiger partial charge in [-0.1, -0.05) is 12.1 Å². The summed E-state index contributed by atoms with van der Waals surface area (Å²) < 4.78 is 0. The molecular formula is C23H27N5O4.